The van der Waals surface area contributed by atoms with Gasteiger partial charge in [0.05, 0.1) is 4.92 Å². The molecule has 1 aromatic carbocycles. The van der Waals surface area contributed by atoms with E-state index in [9.17, 15) is 10.1 Å². The lowest BCUT2D eigenvalue weighted by molar-refractivity contribution is -0.384. The normalized spacial score (nSPS) is 16.0. The SMILES string of the molecule is Cc1ccc(N2CC(CO)C2)c([N+](=O)[O-])c1. The molecule has 1 heterocycles. The maximum atomic E-state index is 10.9. The number of aryl methyl sites for hydroxylation is 1. The minimum Gasteiger partial charge on any atom is -0.396 e. The monoisotopic (exact) mass is 222 g/mol. The second-order valence-electron chi connectivity index (χ2n) is 4.20. The second kappa shape index (κ2) is 4.09. The molecule has 16 heavy (non-hydrogen) atoms. The standard InChI is InChI=1S/C11H14N2O3/c1-8-2-3-10(11(4-8)13(15)16)12-5-9(6-12)7-14/h2-4,9,14H,5-7H2,1H3. The number of benzene rings is 1. The number of hydrogen-bond acceptors (Lipinski definition) is 4. The predicted octanol–water partition coefficient (Wildman–Crippen LogP) is 1.33. The highest BCUT2D eigenvalue weighted by Gasteiger charge is 2.30. The number of nitro groups is 1. The van der Waals surface area contributed by atoms with Crippen LogP contribution in [0, 0.1) is 23.0 Å². The van der Waals surface area contributed by atoms with E-state index in [1.165, 1.54) is 0 Å². The van der Waals surface area contributed by atoms with Crippen molar-refractivity contribution in [1.82, 2.24) is 0 Å². The average molecular weight is 222 g/mol. The van der Waals surface area contributed by atoms with Gasteiger partial charge in [-0.05, 0) is 18.6 Å². The molecule has 1 aliphatic heterocycles. The van der Waals surface area contributed by atoms with E-state index in [0.717, 1.165) is 5.56 Å². The van der Waals surface area contributed by atoms with Crippen molar-refractivity contribution in [1.29, 1.82) is 0 Å². The Morgan fingerprint density at radius 2 is 2.25 bits per heavy atom. The lowest BCUT2D eigenvalue weighted by Crippen LogP contribution is -2.48. The van der Waals surface area contributed by atoms with Gasteiger partial charge in [0.15, 0.2) is 0 Å². The molecule has 1 N–H and O–H groups in total. The summed E-state index contributed by atoms with van der Waals surface area (Å²) in [5.41, 5.74) is 1.69. The Morgan fingerprint density at radius 1 is 1.56 bits per heavy atom. The number of nitro benzene ring substituents is 1. The minimum absolute atomic E-state index is 0.149. The van der Waals surface area contributed by atoms with Crippen LogP contribution in [0.15, 0.2) is 18.2 Å². The highest BCUT2D eigenvalue weighted by molar-refractivity contribution is 5.65. The molecule has 0 unspecified atom stereocenters. The molecule has 1 aliphatic rings. The van der Waals surface area contributed by atoms with Crippen molar-refractivity contribution in [3.63, 3.8) is 0 Å². The third-order valence-electron chi connectivity index (χ3n) is 2.88. The summed E-state index contributed by atoms with van der Waals surface area (Å²) in [6.07, 6.45) is 0. The Morgan fingerprint density at radius 3 is 2.81 bits per heavy atom. The van der Waals surface area contributed by atoms with Gasteiger partial charge in [0.2, 0.25) is 0 Å². The molecule has 0 aromatic heterocycles. The number of nitrogens with zero attached hydrogens (tertiary/aromatic N) is 2. The van der Waals surface area contributed by atoms with Crippen LogP contribution in [0.25, 0.3) is 0 Å². The van der Waals surface area contributed by atoms with Gasteiger partial charge in [-0.2, -0.15) is 0 Å². The molecule has 0 bridgehead atoms. The fourth-order valence-electron chi connectivity index (χ4n) is 1.93. The van der Waals surface area contributed by atoms with Crippen LogP contribution in [0.5, 0.6) is 0 Å². The third kappa shape index (κ3) is 1.86. The third-order valence-corrected chi connectivity index (χ3v) is 2.88. The summed E-state index contributed by atoms with van der Waals surface area (Å²) < 4.78 is 0. The number of anilines is 1. The predicted molar refractivity (Wildman–Crippen MR) is 60.6 cm³/mol. The summed E-state index contributed by atoms with van der Waals surface area (Å²) in [7, 11) is 0. The van der Waals surface area contributed by atoms with Crippen molar-refractivity contribution in [2.24, 2.45) is 5.92 Å². The first kappa shape index (κ1) is 10.9. The first-order chi connectivity index (χ1) is 7.61. The van der Waals surface area contributed by atoms with Crippen LogP contribution in [0.2, 0.25) is 0 Å². The van der Waals surface area contributed by atoms with Crippen LogP contribution in [0.1, 0.15) is 5.56 Å². The molecule has 0 saturated carbocycles. The molecule has 0 radical (unpaired) electrons. The fraction of sp³-hybridized carbons (Fsp3) is 0.455. The van der Waals surface area contributed by atoms with Gasteiger partial charge >= 0.3 is 0 Å². The van der Waals surface area contributed by atoms with Gasteiger partial charge in [-0.1, -0.05) is 6.07 Å². The van der Waals surface area contributed by atoms with Crippen molar-refractivity contribution in [2.45, 2.75) is 6.92 Å². The lowest BCUT2D eigenvalue weighted by atomic mass is 9.99. The average Bonchev–Trinajstić information content (AvgIpc) is 2.18. The summed E-state index contributed by atoms with van der Waals surface area (Å²) in [5, 5.41) is 19.8. The Labute approximate surface area is 93.5 Å². The van der Waals surface area contributed by atoms with Crippen LogP contribution >= 0.6 is 0 Å². The molecule has 0 spiro atoms. The van der Waals surface area contributed by atoms with Gasteiger partial charge in [0.25, 0.3) is 5.69 Å². The van der Waals surface area contributed by atoms with Crippen LogP contribution in [0.3, 0.4) is 0 Å². The molecule has 1 saturated heterocycles. The Hall–Kier alpha value is -1.62. The zero-order chi connectivity index (χ0) is 11.7. The first-order valence-electron chi connectivity index (χ1n) is 5.22. The minimum atomic E-state index is -0.353. The molecule has 5 heteroatoms. The largest absolute Gasteiger partial charge is 0.396 e. The molecule has 0 amide bonds. The number of aliphatic hydroxyl groups excluding tert-OH is 1. The van der Waals surface area contributed by atoms with Crippen molar-refractivity contribution >= 4 is 11.4 Å². The van der Waals surface area contributed by atoms with E-state index in [-0.39, 0.29) is 23.1 Å². The molecule has 0 atom stereocenters. The van der Waals surface area contributed by atoms with Crippen LogP contribution < -0.4 is 4.90 Å². The lowest BCUT2D eigenvalue weighted by Gasteiger charge is -2.39. The van der Waals surface area contributed by atoms with E-state index in [1.807, 2.05) is 17.9 Å². The topological polar surface area (TPSA) is 66.6 Å². The van der Waals surface area contributed by atoms with Crippen LogP contribution in [-0.2, 0) is 0 Å². The molecule has 0 aliphatic carbocycles. The van der Waals surface area contributed by atoms with Crippen molar-refractivity contribution in [3.8, 4) is 0 Å². The molecule has 1 aromatic rings. The molecule has 86 valence electrons. The van der Waals surface area contributed by atoms with Crippen molar-refractivity contribution in [2.75, 3.05) is 24.6 Å². The van der Waals surface area contributed by atoms with Crippen LogP contribution in [0.4, 0.5) is 11.4 Å². The molecular weight excluding hydrogens is 208 g/mol. The Kier molecular flexibility index (Phi) is 2.78. The molecule has 2 rings (SSSR count). The summed E-state index contributed by atoms with van der Waals surface area (Å²) >= 11 is 0. The van der Waals surface area contributed by atoms with E-state index < -0.39 is 0 Å². The van der Waals surface area contributed by atoms with E-state index in [1.54, 1.807) is 12.1 Å². The van der Waals surface area contributed by atoms with Gasteiger partial charge < -0.3 is 10.0 Å². The fourth-order valence-corrected chi connectivity index (χ4v) is 1.93. The summed E-state index contributed by atoms with van der Waals surface area (Å²) in [5.74, 6) is 0.251. The van der Waals surface area contributed by atoms with Crippen LogP contribution in [-0.4, -0.2) is 29.7 Å². The van der Waals surface area contributed by atoms with Gasteiger partial charge in [-0.25, -0.2) is 0 Å². The van der Waals surface area contributed by atoms with E-state index in [4.69, 9.17) is 5.11 Å². The summed E-state index contributed by atoms with van der Waals surface area (Å²) in [4.78, 5) is 12.5. The van der Waals surface area contributed by atoms with Gasteiger partial charge in [-0.15, -0.1) is 0 Å². The maximum Gasteiger partial charge on any atom is 0.292 e. The molecule has 1 fully saturated rings. The van der Waals surface area contributed by atoms with E-state index in [2.05, 4.69) is 0 Å². The number of aliphatic hydroxyl groups is 1. The molecule has 5 nitrogen and oxygen atoms in total. The van der Waals surface area contributed by atoms with Gasteiger partial charge in [-0.3, -0.25) is 10.1 Å². The second-order valence-corrected chi connectivity index (χ2v) is 4.20. The quantitative estimate of drug-likeness (QED) is 0.619. The van der Waals surface area contributed by atoms with Gasteiger partial charge in [0, 0.05) is 31.7 Å². The zero-order valence-electron chi connectivity index (χ0n) is 9.09. The highest BCUT2D eigenvalue weighted by Crippen LogP contribution is 2.33. The highest BCUT2D eigenvalue weighted by atomic mass is 16.6. The summed E-state index contributed by atoms with van der Waals surface area (Å²) in [6, 6.07) is 5.23. The zero-order valence-corrected chi connectivity index (χ0v) is 9.09. The Balaban J connectivity index is 2.24. The van der Waals surface area contributed by atoms with Crippen molar-refractivity contribution < 1.29 is 10.0 Å². The van der Waals surface area contributed by atoms with E-state index in [0.29, 0.717) is 18.8 Å². The van der Waals surface area contributed by atoms with E-state index >= 15 is 0 Å². The number of hydrogen-bond donors (Lipinski definition) is 1. The van der Waals surface area contributed by atoms with Gasteiger partial charge in [0.1, 0.15) is 5.69 Å². The maximum absolute atomic E-state index is 10.9. The van der Waals surface area contributed by atoms with Crippen molar-refractivity contribution in [3.05, 3.63) is 33.9 Å². The molecular formula is C11H14N2O3. The Bertz CT molecular complexity index is 414. The smallest absolute Gasteiger partial charge is 0.292 e. The summed E-state index contributed by atoms with van der Waals surface area (Å²) in [6.45, 7) is 3.38. The number of rotatable bonds is 3. The first-order valence-corrected chi connectivity index (χ1v) is 5.22.